The molecule has 4 nitrogen and oxygen atoms in total. The van der Waals surface area contributed by atoms with Gasteiger partial charge in [0.05, 0.1) is 0 Å². The Morgan fingerprint density at radius 3 is 2.82 bits per heavy atom. The highest BCUT2D eigenvalue weighted by atomic mass is 16.6. The van der Waals surface area contributed by atoms with Crippen LogP contribution >= 0.6 is 0 Å². The van der Waals surface area contributed by atoms with Crippen molar-refractivity contribution in [1.82, 2.24) is 4.90 Å². The first-order chi connectivity index (χ1) is 8.29. The lowest BCUT2D eigenvalue weighted by atomic mass is 10.1. The van der Waals surface area contributed by atoms with Crippen molar-refractivity contribution in [2.24, 2.45) is 5.92 Å². The zero-order valence-corrected chi connectivity index (χ0v) is 9.71. The highest BCUT2D eigenvalue weighted by Crippen LogP contribution is 2.16. The molecule has 0 bridgehead atoms. The molecule has 1 heterocycles. The van der Waals surface area contributed by atoms with Crippen molar-refractivity contribution in [3.05, 3.63) is 35.9 Å². The molecule has 17 heavy (non-hydrogen) atoms. The Morgan fingerprint density at radius 1 is 1.41 bits per heavy atom. The number of carbonyl (C=O) groups excluding carboxylic acids is 1. The van der Waals surface area contributed by atoms with Gasteiger partial charge in [-0.3, -0.25) is 0 Å². The number of hydrogen-bond acceptors (Lipinski definition) is 3. The highest BCUT2D eigenvalue weighted by Gasteiger charge is 2.26. The van der Waals surface area contributed by atoms with E-state index in [1.54, 1.807) is 4.90 Å². The molecule has 0 aromatic heterocycles. The summed E-state index contributed by atoms with van der Waals surface area (Å²) in [7, 11) is 0. The lowest BCUT2D eigenvalue weighted by Crippen LogP contribution is -2.29. The average molecular weight is 235 g/mol. The van der Waals surface area contributed by atoms with E-state index in [4.69, 9.17) is 9.84 Å². The first kappa shape index (κ1) is 11.9. The lowest BCUT2D eigenvalue weighted by molar-refractivity contribution is 0.101. The molecule has 1 saturated heterocycles. The predicted octanol–water partition coefficient (Wildman–Crippen LogP) is 1.64. The second kappa shape index (κ2) is 5.68. The second-order valence-corrected chi connectivity index (χ2v) is 4.32. The van der Waals surface area contributed by atoms with Crippen molar-refractivity contribution in [2.45, 2.75) is 13.0 Å². The number of hydrogen-bond donors (Lipinski definition) is 1. The number of rotatable bonds is 3. The van der Waals surface area contributed by atoms with E-state index in [2.05, 4.69) is 0 Å². The third kappa shape index (κ3) is 3.20. The first-order valence-corrected chi connectivity index (χ1v) is 5.86. The van der Waals surface area contributed by atoms with Gasteiger partial charge in [-0.2, -0.15) is 0 Å². The van der Waals surface area contributed by atoms with E-state index in [0.717, 1.165) is 12.0 Å². The zero-order chi connectivity index (χ0) is 12.1. The van der Waals surface area contributed by atoms with Crippen molar-refractivity contribution in [2.75, 3.05) is 19.7 Å². The molecule has 4 heteroatoms. The summed E-state index contributed by atoms with van der Waals surface area (Å²) in [6.07, 6.45) is 0.571. The number of nitrogens with zero attached hydrogens (tertiary/aromatic N) is 1. The van der Waals surface area contributed by atoms with Crippen LogP contribution in [0.1, 0.15) is 12.0 Å². The summed E-state index contributed by atoms with van der Waals surface area (Å²) in [5.74, 6) is 0.208. The number of benzene rings is 1. The van der Waals surface area contributed by atoms with Gasteiger partial charge >= 0.3 is 6.09 Å². The van der Waals surface area contributed by atoms with Crippen LogP contribution in [0, 0.1) is 5.92 Å². The van der Waals surface area contributed by atoms with Gasteiger partial charge in [-0.15, -0.1) is 0 Å². The van der Waals surface area contributed by atoms with Gasteiger partial charge in [-0.05, 0) is 12.0 Å². The van der Waals surface area contributed by atoms with E-state index in [-0.39, 0.29) is 18.6 Å². The molecule has 1 N–H and O–H groups in total. The largest absolute Gasteiger partial charge is 0.445 e. The smallest absolute Gasteiger partial charge is 0.410 e. The third-order valence-corrected chi connectivity index (χ3v) is 3.01. The summed E-state index contributed by atoms with van der Waals surface area (Å²) in [5.41, 5.74) is 0.985. The Morgan fingerprint density at radius 2 is 2.18 bits per heavy atom. The number of aliphatic hydroxyl groups excluding tert-OH is 1. The number of carbonyl (C=O) groups is 1. The van der Waals surface area contributed by atoms with Gasteiger partial charge in [0.15, 0.2) is 0 Å². The first-order valence-electron chi connectivity index (χ1n) is 5.86. The van der Waals surface area contributed by atoms with Gasteiger partial charge < -0.3 is 14.7 Å². The molecule has 0 radical (unpaired) electrons. The highest BCUT2D eigenvalue weighted by molar-refractivity contribution is 5.68. The molecular formula is C13H17NO3. The SMILES string of the molecule is O=C(OCc1ccccc1)N1CC[C@H](CO)C1. The molecule has 1 amide bonds. The van der Waals surface area contributed by atoms with Crippen LogP contribution in [0.5, 0.6) is 0 Å². The molecule has 2 rings (SSSR count). The fourth-order valence-corrected chi connectivity index (χ4v) is 1.96. The van der Waals surface area contributed by atoms with Crippen LogP contribution in [0.2, 0.25) is 0 Å². The van der Waals surface area contributed by atoms with E-state index in [9.17, 15) is 4.79 Å². The van der Waals surface area contributed by atoms with E-state index in [0.29, 0.717) is 19.7 Å². The fourth-order valence-electron chi connectivity index (χ4n) is 1.96. The summed E-state index contributed by atoms with van der Waals surface area (Å²) in [6, 6.07) is 9.61. The Balaban J connectivity index is 1.78. The minimum Gasteiger partial charge on any atom is -0.445 e. The topological polar surface area (TPSA) is 49.8 Å². The van der Waals surface area contributed by atoms with Crippen molar-refractivity contribution in [1.29, 1.82) is 0 Å². The number of amides is 1. The van der Waals surface area contributed by atoms with E-state index in [1.807, 2.05) is 30.3 Å². The monoisotopic (exact) mass is 235 g/mol. The molecule has 1 atom stereocenters. The molecule has 0 saturated carbocycles. The van der Waals surface area contributed by atoms with Crippen LogP contribution in [0.25, 0.3) is 0 Å². The normalized spacial score (nSPS) is 19.4. The van der Waals surface area contributed by atoms with E-state index >= 15 is 0 Å². The van der Waals surface area contributed by atoms with Gasteiger partial charge in [-0.25, -0.2) is 4.79 Å². The van der Waals surface area contributed by atoms with Crippen molar-refractivity contribution in [3.8, 4) is 0 Å². The second-order valence-electron chi connectivity index (χ2n) is 4.32. The minimum absolute atomic E-state index is 0.141. The fraction of sp³-hybridized carbons (Fsp3) is 0.462. The molecule has 1 aromatic carbocycles. The lowest BCUT2D eigenvalue weighted by Gasteiger charge is -2.15. The Labute approximate surface area is 101 Å². The maximum absolute atomic E-state index is 11.7. The molecule has 1 aromatic rings. The van der Waals surface area contributed by atoms with Gasteiger partial charge in [0.2, 0.25) is 0 Å². The quantitative estimate of drug-likeness (QED) is 0.866. The molecule has 1 fully saturated rings. The summed E-state index contributed by atoms with van der Waals surface area (Å²) in [4.78, 5) is 13.4. The number of likely N-dealkylation sites (tertiary alicyclic amines) is 1. The maximum atomic E-state index is 11.7. The Hall–Kier alpha value is -1.55. The molecule has 1 aliphatic heterocycles. The van der Waals surface area contributed by atoms with Crippen LogP contribution in [0.3, 0.4) is 0 Å². The van der Waals surface area contributed by atoms with Crippen LogP contribution in [-0.4, -0.2) is 35.8 Å². The van der Waals surface area contributed by atoms with Crippen molar-refractivity contribution >= 4 is 6.09 Å². The van der Waals surface area contributed by atoms with E-state index in [1.165, 1.54) is 0 Å². The molecular weight excluding hydrogens is 218 g/mol. The standard InChI is InChI=1S/C13H17NO3/c15-9-12-6-7-14(8-12)13(16)17-10-11-4-2-1-3-5-11/h1-5,12,15H,6-10H2/t12-/m0/s1. The Bertz CT molecular complexity index is 366. The number of ether oxygens (including phenoxy) is 1. The van der Waals surface area contributed by atoms with E-state index < -0.39 is 0 Å². The van der Waals surface area contributed by atoms with Gasteiger partial charge in [0.1, 0.15) is 6.61 Å². The van der Waals surface area contributed by atoms with Gasteiger partial charge in [-0.1, -0.05) is 30.3 Å². The predicted molar refractivity (Wildman–Crippen MR) is 63.4 cm³/mol. The summed E-state index contributed by atoms with van der Waals surface area (Å²) < 4.78 is 5.21. The average Bonchev–Trinajstić information content (AvgIpc) is 2.86. The van der Waals surface area contributed by atoms with Gasteiger partial charge in [0, 0.05) is 25.6 Å². The molecule has 1 aliphatic rings. The molecule has 0 unspecified atom stereocenters. The molecule has 0 spiro atoms. The zero-order valence-electron chi connectivity index (χ0n) is 9.71. The van der Waals surface area contributed by atoms with Crippen LogP contribution < -0.4 is 0 Å². The van der Waals surface area contributed by atoms with Gasteiger partial charge in [0.25, 0.3) is 0 Å². The molecule has 92 valence electrons. The molecule has 0 aliphatic carbocycles. The maximum Gasteiger partial charge on any atom is 0.410 e. The minimum atomic E-state index is -0.287. The summed E-state index contributed by atoms with van der Waals surface area (Å²) in [5, 5.41) is 8.99. The summed E-state index contributed by atoms with van der Waals surface area (Å²) >= 11 is 0. The van der Waals surface area contributed by atoms with Crippen LogP contribution in [0.4, 0.5) is 4.79 Å². The number of aliphatic hydroxyl groups is 1. The van der Waals surface area contributed by atoms with Crippen molar-refractivity contribution in [3.63, 3.8) is 0 Å². The summed E-state index contributed by atoms with van der Waals surface area (Å²) in [6.45, 7) is 1.73. The van der Waals surface area contributed by atoms with Crippen LogP contribution in [0.15, 0.2) is 30.3 Å². The Kier molecular flexibility index (Phi) is 3.98. The van der Waals surface area contributed by atoms with Crippen molar-refractivity contribution < 1.29 is 14.6 Å². The third-order valence-electron chi connectivity index (χ3n) is 3.01. The van der Waals surface area contributed by atoms with Crippen LogP contribution in [-0.2, 0) is 11.3 Å².